The molecule has 2 rings (SSSR count). The number of benzene rings is 1. The first-order valence-electron chi connectivity index (χ1n) is 6.04. The third-order valence-corrected chi connectivity index (χ3v) is 2.85. The van der Waals surface area contributed by atoms with Gasteiger partial charge in [0.05, 0.1) is 22.9 Å². The molecule has 0 aromatic heterocycles. The first-order chi connectivity index (χ1) is 10.0. The number of carbonyl (C=O) groups excluding carboxylic acids is 2. The Morgan fingerprint density at radius 2 is 2.19 bits per heavy atom. The fourth-order valence-electron chi connectivity index (χ4n) is 1.85. The lowest BCUT2D eigenvalue weighted by molar-refractivity contribution is -0.161. The Hall–Kier alpha value is -3.05. The number of rotatable bonds is 5. The van der Waals surface area contributed by atoms with Crippen LogP contribution in [0.4, 0.5) is 5.69 Å². The van der Waals surface area contributed by atoms with Gasteiger partial charge in [0.15, 0.2) is 17.8 Å². The van der Waals surface area contributed by atoms with Crippen LogP contribution in [0.1, 0.15) is 22.8 Å². The van der Waals surface area contributed by atoms with Gasteiger partial charge in [0.25, 0.3) is 0 Å². The molecule has 1 amide bonds. The van der Waals surface area contributed by atoms with E-state index in [1.165, 1.54) is 12.1 Å². The minimum atomic E-state index is -0.694. The smallest absolute Gasteiger partial charge is 0.303 e. The number of amides is 1. The number of hydrogen-bond acceptors (Lipinski definition) is 7. The largest absolute Gasteiger partial charge is 0.505 e. The lowest BCUT2D eigenvalue weighted by Gasteiger charge is -2.31. The zero-order valence-electron chi connectivity index (χ0n) is 11.0. The summed E-state index contributed by atoms with van der Waals surface area (Å²) >= 11 is 0. The molecule has 1 heterocycles. The van der Waals surface area contributed by atoms with Crippen molar-refractivity contribution in [3.8, 4) is 11.8 Å². The molecule has 8 nitrogen and oxygen atoms in total. The zero-order chi connectivity index (χ0) is 15.6. The van der Waals surface area contributed by atoms with Crippen molar-refractivity contribution in [2.75, 3.05) is 11.9 Å². The summed E-state index contributed by atoms with van der Waals surface area (Å²) in [6, 6.07) is 4.38. The fraction of sp³-hybridized carbons (Fsp3) is 0.154. The Morgan fingerprint density at radius 1 is 1.48 bits per heavy atom. The molecule has 1 aliphatic heterocycles. The number of nitrogens with zero attached hydrogens (tertiary/aromatic N) is 2. The number of carbonyl (C=O) groups is 2. The number of anilines is 1. The average molecular weight is 288 g/mol. The Morgan fingerprint density at radius 3 is 2.76 bits per heavy atom. The van der Waals surface area contributed by atoms with Gasteiger partial charge in [-0.25, -0.2) is 0 Å². The molecule has 108 valence electrons. The van der Waals surface area contributed by atoms with Crippen LogP contribution in [0.2, 0.25) is 0 Å². The normalized spacial score (nSPS) is 13.6. The number of nitriles is 1. The predicted octanol–water partition coefficient (Wildman–Crippen LogP) is 0.498. The van der Waals surface area contributed by atoms with Crippen LogP contribution in [0.5, 0.6) is 5.75 Å². The van der Waals surface area contributed by atoms with E-state index in [2.05, 4.69) is 10.6 Å². The van der Waals surface area contributed by atoms with E-state index in [0.717, 1.165) is 0 Å². The van der Waals surface area contributed by atoms with E-state index < -0.39 is 5.91 Å². The van der Waals surface area contributed by atoms with Crippen molar-refractivity contribution >= 4 is 17.9 Å². The maximum absolute atomic E-state index is 11.6. The summed E-state index contributed by atoms with van der Waals surface area (Å²) in [6.45, 7) is 2.24. The van der Waals surface area contributed by atoms with Gasteiger partial charge < -0.3 is 15.7 Å². The first-order valence-corrected chi connectivity index (χ1v) is 6.04. The molecule has 0 aliphatic carbocycles. The van der Waals surface area contributed by atoms with Crippen LogP contribution in [0.25, 0.3) is 0 Å². The Labute approximate surface area is 119 Å². The van der Waals surface area contributed by atoms with Crippen LogP contribution in [0.3, 0.4) is 0 Å². The highest BCUT2D eigenvalue weighted by molar-refractivity contribution is 6.03. The van der Waals surface area contributed by atoms with Gasteiger partial charge >= 0.3 is 5.91 Å². The second kappa shape index (κ2) is 5.52. The van der Waals surface area contributed by atoms with Crippen molar-refractivity contribution in [2.24, 2.45) is 0 Å². The lowest BCUT2D eigenvalue weighted by atomic mass is 10.1. The second-order valence-electron chi connectivity index (χ2n) is 4.19. The molecule has 0 saturated heterocycles. The number of nitrogens with one attached hydrogen (secondary N) is 2. The summed E-state index contributed by atoms with van der Waals surface area (Å²) in [7, 11) is 0. The lowest BCUT2D eigenvalue weighted by Crippen LogP contribution is -2.48. The summed E-state index contributed by atoms with van der Waals surface area (Å²) in [5.74, 6) is -0.922. The summed E-state index contributed by atoms with van der Waals surface area (Å²) in [4.78, 5) is 22.4. The van der Waals surface area contributed by atoms with Gasteiger partial charge in [-0.15, -0.1) is 0 Å². The number of phenolic OH excluding ortho intramolecular Hbond substituents is 1. The van der Waals surface area contributed by atoms with E-state index >= 15 is 0 Å². The van der Waals surface area contributed by atoms with E-state index in [1.807, 2.05) is 6.07 Å². The van der Waals surface area contributed by atoms with Gasteiger partial charge in [-0.2, -0.15) is 10.3 Å². The standard InChI is InChI=1S/C13H12N4O4/c1-2-15-12-10(13(20)17(12)21)16-9-4-7(5-14)3-8(6-18)11(9)19/h3-4,6,15-16,19,21H,2H2,1H3. The second-order valence-corrected chi connectivity index (χ2v) is 4.19. The minimum absolute atomic E-state index is 0.0292. The third kappa shape index (κ3) is 2.37. The summed E-state index contributed by atoms with van der Waals surface area (Å²) < 4.78 is 0. The van der Waals surface area contributed by atoms with Crippen molar-refractivity contribution < 1.29 is 19.9 Å². The van der Waals surface area contributed by atoms with Crippen LogP contribution < -0.4 is 10.6 Å². The van der Waals surface area contributed by atoms with E-state index in [-0.39, 0.29) is 34.1 Å². The fourth-order valence-corrected chi connectivity index (χ4v) is 1.85. The van der Waals surface area contributed by atoms with Gasteiger partial charge in [-0.3, -0.25) is 14.8 Å². The predicted molar refractivity (Wildman–Crippen MR) is 71.2 cm³/mol. The van der Waals surface area contributed by atoms with Crippen LogP contribution in [0, 0.1) is 11.3 Å². The Bertz CT molecular complexity index is 690. The zero-order valence-corrected chi connectivity index (χ0v) is 11.0. The highest BCUT2D eigenvalue weighted by Crippen LogP contribution is 2.32. The molecule has 1 aliphatic rings. The molecule has 1 aromatic carbocycles. The summed E-state index contributed by atoms with van der Waals surface area (Å²) in [5.41, 5.74) is 0.134. The number of aromatic hydroxyl groups is 1. The molecule has 4 N–H and O–H groups in total. The van der Waals surface area contributed by atoms with Gasteiger partial charge in [0.2, 0.25) is 0 Å². The molecule has 0 spiro atoms. The van der Waals surface area contributed by atoms with Crippen LogP contribution in [0.15, 0.2) is 23.7 Å². The van der Waals surface area contributed by atoms with E-state index in [0.29, 0.717) is 17.9 Å². The van der Waals surface area contributed by atoms with E-state index in [4.69, 9.17) is 5.26 Å². The van der Waals surface area contributed by atoms with Crippen molar-refractivity contribution in [1.82, 2.24) is 10.4 Å². The number of phenols is 1. The SMILES string of the molecule is CCNC1=C(Nc2cc(C#N)cc(C=O)c2O)C(=O)N1O. The van der Waals surface area contributed by atoms with Gasteiger partial charge in [-0.05, 0) is 19.1 Å². The Kier molecular flexibility index (Phi) is 3.77. The number of aldehydes is 1. The van der Waals surface area contributed by atoms with Gasteiger partial charge in [0, 0.05) is 6.54 Å². The molecule has 21 heavy (non-hydrogen) atoms. The van der Waals surface area contributed by atoms with E-state index in [9.17, 15) is 19.9 Å². The average Bonchev–Trinajstić information content (AvgIpc) is 2.51. The molecule has 0 radical (unpaired) electrons. The molecule has 0 fully saturated rings. The van der Waals surface area contributed by atoms with Crippen LogP contribution in [-0.4, -0.2) is 34.1 Å². The van der Waals surface area contributed by atoms with Crippen molar-refractivity contribution in [2.45, 2.75) is 6.92 Å². The molecule has 0 bridgehead atoms. The molecule has 0 atom stereocenters. The summed E-state index contributed by atoms with van der Waals surface area (Å²) in [5, 5.41) is 34.0. The molecule has 8 heteroatoms. The maximum Gasteiger partial charge on any atom is 0.303 e. The maximum atomic E-state index is 11.6. The summed E-state index contributed by atoms with van der Waals surface area (Å²) in [6.07, 6.45) is 0.405. The van der Waals surface area contributed by atoms with Crippen LogP contribution >= 0.6 is 0 Å². The van der Waals surface area contributed by atoms with Crippen LogP contribution in [-0.2, 0) is 4.79 Å². The van der Waals surface area contributed by atoms with Crippen molar-refractivity contribution in [1.29, 1.82) is 5.26 Å². The third-order valence-electron chi connectivity index (χ3n) is 2.85. The molecular formula is C13H12N4O4. The molecular weight excluding hydrogens is 276 g/mol. The topological polar surface area (TPSA) is 126 Å². The molecule has 0 saturated carbocycles. The highest BCUT2D eigenvalue weighted by atomic mass is 16.5. The van der Waals surface area contributed by atoms with Gasteiger partial charge in [-0.1, -0.05) is 0 Å². The molecule has 0 unspecified atom stereocenters. The number of hydrogen-bond donors (Lipinski definition) is 4. The van der Waals surface area contributed by atoms with Crippen molar-refractivity contribution in [3.05, 3.63) is 34.8 Å². The Balaban J connectivity index is 2.42. The van der Waals surface area contributed by atoms with Crippen molar-refractivity contribution in [3.63, 3.8) is 0 Å². The first kappa shape index (κ1) is 14.4. The monoisotopic (exact) mass is 288 g/mol. The van der Waals surface area contributed by atoms with Gasteiger partial charge in [0.1, 0.15) is 5.75 Å². The quantitative estimate of drug-likeness (QED) is 0.353. The number of hydroxylamine groups is 2. The minimum Gasteiger partial charge on any atom is -0.505 e. The molecule has 1 aromatic rings. The highest BCUT2D eigenvalue weighted by Gasteiger charge is 2.36. The van der Waals surface area contributed by atoms with E-state index in [1.54, 1.807) is 6.92 Å².